The first kappa shape index (κ1) is 16.1. The number of halogens is 6. The van der Waals surface area contributed by atoms with Gasteiger partial charge in [0.1, 0.15) is 0 Å². The van der Waals surface area contributed by atoms with E-state index in [1.807, 2.05) is 0 Å². The van der Waals surface area contributed by atoms with E-state index in [1.54, 1.807) is 0 Å². The molecule has 0 aliphatic rings. The van der Waals surface area contributed by atoms with Crippen LogP contribution in [-0.4, -0.2) is 31.0 Å². The minimum Gasteiger partial charge on any atom is -0.394 e. The third-order valence-electron chi connectivity index (χ3n) is 0.421. The molecule has 12 heavy (non-hydrogen) atoms. The van der Waals surface area contributed by atoms with Gasteiger partial charge in [-0.25, -0.2) is 0 Å². The molecule has 0 aliphatic carbocycles. The minimum atomic E-state index is -1.85. The van der Waals surface area contributed by atoms with Crippen LogP contribution in [0.15, 0.2) is 0 Å². The van der Waals surface area contributed by atoms with Gasteiger partial charge in [-0.15, -0.1) is 0 Å². The number of aliphatic hydroxyl groups is 2. The predicted molar refractivity (Wildman–Crippen MR) is 54.8 cm³/mol. The fraction of sp³-hybridized carbons (Fsp3) is 1.00. The van der Waals surface area contributed by atoms with Crippen molar-refractivity contribution < 1.29 is 10.2 Å². The molecule has 0 amide bonds. The van der Waals surface area contributed by atoms with Gasteiger partial charge in [0, 0.05) is 0 Å². The summed E-state index contributed by atoms with van der Waals surface area (Å²) in [5.41, 5.74) is 0. The van der Waals surface area contributed by atoms with Crippen LogP contribution in [0.2, 0.25) is 0 Å². The van der Waals surface area contributed by atoms with Crippen LogP contribution in [0.5, 0.6) is 0 Å². The second kappa shape index (κ2) is 7.02. The maximum atomic E-state index is 7.62. The molecule has 0 unspecified atom stereocenters. The molecule has 0 rings (SSSR count). The van der Waals surface area contributed by atoms with Gasteiger partial charge in [-0.3, -0.25) is 0 Å². The Morgan fingerprint density at radius 3 is 0.833 bits per heavy atom. The quantitative estimate of drug-likeness (QED) is 0.731. The summed E-state index contributed by atoms with van der Waals surface area (Å²) in [6, 6.07) is 0. The van der Waals surface area contributed by atoms with Crippen LogP contribution in [0.1, 0.15) is 0 Å². The first-order valence-corrected chi connectivity index (χ1v) is 4.78. The predicted octanol–water partition coefficient (Wildman–Crippen LogP) is 2.70. The topological polar surface area (TPSA) is 40.5 Å². The van der Waals surface area contributed by atoms with E-state index in [9.17, 15) is 0 Å². The lowest BCUT2D eigenvalue weighted by atomic mass is 10.8. The van der Waals surface area contributed by atoms with Gasteiger partial charge in [0.25, 0.3) is 0 Å². The third kappa shape index (κ3) is 9.75. The first-order chi connectivity index (χ1) is 5.16. The Hall–Kier alpha value is 1.66. The molecule has 0 atom stereocenters. The molecule has 0 aromatic heterocycles. The number of aliphatic hydroxyl groups excluding tert-OH is 2. The number of rotatable bonds is 1. The standard InChI is InChI=1S/C2Cl6.C2H6O2/c3-1(4,5)2(6,7)8;3-1-2-4/h;3-4H,1-2H2. The van der Waals surface area contributed by atoms with Crippen LogP contribution in [-0.2, 0) is 0 Å². The van der Waals surface area contributed by atoms with Crippen molar-refractivity contribution in [2.24, 2.45) is 0 Å². The van der Waals surface area contributed by atoms with Crippen LogP contribution in [0.25, 0.3) is 0 Å². The lowest BCUT2D eigenvalue weighted by Gasteiger charge is -2.19. The normalized spacial score (nSPS) is 12.0. The molecule has 8 heteroatoms. The molecule has 76 valence electrons. The molecular formula is C4H6Cl6O2. The molecule has 2 N–H and O–H groups in total. The lowest BCUT2D eigenvalue weighted by Crippen LogP contribution is -2.23. The minimum absolute atomic E-state index is 0.125. The summed E-state index contributed by atoms with van der Waals surface area (Å²) in [7, 11) is 0. The van der Waals surface area contributed by atoms with Crippen molar-refractivity contribution in [2.45, 2.75) is 7.59 Å². The summed E-state index contributed by atoms with van der Waals surface area (Å²) in [5, 5.41) is 15.2. The first-order valence-electron chi connectivity index (χ1n) is 2.52. The highest BCUT2D eigenvalue weighted by Crippen LogP contribution is 2.48. The number of hydrogen-bond acceptors (Lipinski definition) is 2. The Labute approximate surface area is 100 Å². The molecule has 0 heterocycles. The zero-order valence-electron chi connectivity index (χ0n) is 5.58. The molecule has 0 bridgehead atoms. The summed E-state index contributed by atoms with van der Waals surface area (Å²) in [6.45, 7) is -0.250. The van der Waals surface area contributed by atoms with Crippen LogP contribution in [0, 0.1) is 0 Å². The van der Waals surface area contributed by atoms with E-state index in [1.165, 1.54) is 0 Å². The van der Waals surface area contributed by atoms with Gasteiger partial charge in [-0.1, -0.05) is 69.6 Å². The van der Waals surface area contributed by atoms with Gasteiger partial charge in [-0.2, -0.15) is 0 Å². The average molecular weight is 299 g/mol. The Morgan fingerprint density at radius 1 is 0.667 bits per heavy atom. The third-order valence-corrected chi connectivity index (χ3v) is 2.99. The monoisotopic (exact) mass is 296 g/mol. The molecule has 0 aromatic carbocycles. The lowest BCUT2D eigenvalue weighted by molar-refractivity contribution is 0.186. The van der Waals surface area contributed by atoms with E-state index >= 15 is 0 Å². The molecule has 2 nitrogen and oxygen atoms in total. The molecule has 0 saturated heterocycles. The molecule has 0 aromatic rings. The molecule has 0 spiro atoms. The maximum absolute atomic E-state index is 7.62. The van der Waals surface area contributed by atoms with Crippen molar-refractivity contribution in [3.8, 4) is 0 Å². The second-order valence-electron chi connectivity index (χ2n) is 1.44. The Kier molecular flexibility index (Phi) is 9.42. The highest BCUT2D eigenvalue weighted by atomic mass is 35.6. The van der Waals surface area contributed by atoms with E-state index < -0.39 is 7.59 Å². The zero-order valence-corrected chi connectivity index (χ0v) is 10.1. The molecule has 0 saturated carbocycles. The van der Waals surface area contributed by atoms with Crippen molar-refractivity contribution in [1.29, 1.82) is 0 Å². The maximum Gasteiger partial charge on any atom is 0.236 e. The SMILES string of the molecule is ClC(Cl)(Cl)C(Cl)(Cl)Cl.OCCO. The number of hydrogen-bond donors (Lipinski definition) is 2. The Morgan fingerprint density at radius 2 is 0.833 bits per heavy atom. The Bertz CT molecular complexity index is 91.1. The summed E-state index contributed by atoms with van der Waals surface area (Å²) in [5.74, 6) is 0. The van der Waals surface area contributed by atoms with Crippen molar-refractivity contribution in [2.75, 3.05) is 13.2 Å². The van der Waals surface area contributed by atoms with Gasteiger partial charge < -0.3 is 10.2 Å². The largest absolute Gasteiger partial charge is 0.394 e. The van der Waals surface area contributed by atoms with Crippen LogP contribution < -0.4 is 0 Å². The van der Waals surface area contributed by atoms with Crippen LogP contribution in [0.4, 0.5) is 0 Å². The van der Waals surface area contributed by atoms with Crippen molar-refractivity contribution >= 4 is 69.6 Å². The van der Waals surface area contributed by atoms with E-state index in [-0.39, 0.29) is 13.2 Å². The number of alkyl halides is 6. The second-order valence-corrected chi connectivity index (χ2v) is 6.01. The molecular weight excluding hydrogens is 293 g/mol. The van der Waals surface area contributed by atoms with Gasteiger partial charge in [-0.05, 0) is 0 Å². The fourth-order valence-corrected chi connectivity index (χ4v) is 0. The summed E-state index contributed by atoms with van der Waals surface area (Å²) in [6.07, 6.45) is 0. The summed E-state index contributed by atoms with van der Waals surface area (Å²) in [4.78, 5) is 0. The summed E-state index contributed by atoms with van der Waals surface area (Å²) < 4.78 is -3.70. The van der Waals surface area contributed by atoms with E-state index in [4.69, 9.17) is 79.8 Å². The highest BCUT2D eigenvalue weighted by Gasteiger charge is 2.43. The van der Waals surface area contributed by atoms with Crippen molar-refractivity contribution in [3.63, 3.8) is 0 Å². The van der Waals surface area contributed by atoms with Gasteiger partial charge in [0.2, 0.25) is 7.59 Å². The highest BCUT2D eigenvalue weighted by molar-refractivity contribution is 6.83. The van der Waals surface area contributed by atoms with Gasteiger partial charge in [0.15, 0.2) is 0 Å². The van der Waals surface area contributed by atoms with Crippen molar-refractivity contribution in [3.05, 3.63) is 0 Å². The zero-order chi connectivity index (χ0) is 10.4. The molecule has 0 fully saturated rings. The van der Waals surface area contributed by atoms with Crippen LogP contribution in [0.3, 0.4) is 0 Å². The summed E-state index contributed by atoms with van der Waals surface area (Å²) >= 11 is 30.9. The molecule has 0 radical (unpaired) electrons. The van der Waals surface area contributed by atoms with E-state index in [0.717, 1.165) is 0 Å². The van der Waals surface area contributed by atoms with Crippen LogP contribution >= 0.6 is 69.6 Å². The van der Waals surface area contributed by atoms with E-state index in [2.05, 4.69) is 0 Å². The van der Waals surface area contributed by atoms with Gasteiger partial charge in [0.05, 0.1) is 13.2 Å². The average Bonchev–Trinajstić information content (AvgIpc) is 1.84. The van der Waals surface area contributed by atoms with Gasteiger partial charge >= 0.3 is 0 Å². The fourth-order valence-electron chi connectivity index (χ4n) is 0. The molecule has 0 aliphatic heterocycles. The van der Waals surface area contributed by atoms with Crippen molar-refractivity contribution in [1.82, 2.24) is 0 Å². The smallest absolute Gasteiger partial charge is 0.236 e. The Balaban J connectivity index is 0. The van der Waals surface area contributed by atoms with E-state index in [0.29, 0.717) is 0 Å².